The average Bonchev–Trinajstić information content (AvgIpc) is 2.78. The van der Waals surface area contributed by atoms with E-state index in [0.717, 1.165) is 27.5 Å². The van der Waals surface area contributed by atoms with Gasteiger partial charge >= 0.3 is 11.9 Å². The SMILES string of the molecule is COc1ccc(C(=O)OC(=O)c2ccc3cc(C)ccc3c2)cc1-c1ccccc1. The van der Waals surface area contributed by atoms with Gasteiger partial charge in [0.2, 0.25) is 0 Å². The van der Waals surface area contributed by atoms with Gasteiger partial charge in [-0.25, -0.2) is 9.59 Å². The van der Waals surface area contributed by atoms with Gasteiger partial charge in [0.05, 0.1) is 18.2 Å². The Kier molecular flexibility index (Phi) is 5.31. The molecule has 4 nitrogen and oxygen atoms in total. The van der Waals surface area contributed by atoms with Gasteiger partial charge in [0.1, 0.15) is 5.75 Å². The first-order valence-corrected chi connectivity index (χ1v) is 9.55. The Balaban J connectivity index is 1.59. The van der Waals surface area contributed by atoms with E-state index < -0.39 is 11.9 Å². The van der Waals surface area contributed by atoms with Gasteiger partial charge < -0.3 is 9.47 Å². The van der Waals surface area contributed by atoms with Crippen molar-refractivity contribution >= 4 is 22.7 Å². The Morgan fingerprint density at radius 3 is 2.07 bits per heavy atom. The number of ether oxygens (including phenoxy) is 2. The van der Waals surface area contributed by atoms with Crippen LogP contribution in [0, 0.1) is 6.92 Å². The highest BCUT2D eigenvalue weighted by Gasteiger charge is 2.17. The minimum Gasteiger partial charge on any atom is -0.496 e. The fourth-order valence-electron chi connectivity index (χ4n) is 3.37. The van der Waals surface area contributed by atoms with Gasteiger partial charge in [-0.15, -0.1) is 0 Å². The van der Waals surface area contributed by atoms with Crippen molar-refractivity contribution < 1.29 is 19.1 Å². The third-order valence-corrected chi connectivity index (χ3v) is 4.94. The highest BCUT2D eigenvalue weighted by atomic mass is 16.6. The van der Waals surface area contributed by atoms with Gasteiger partial charge in [-0.1, -0.05) is 60.2 Å². The Bertz CT molecular complexity index is 1240. The molecule has 0 aromatic heterocycles. The summed E-state index contributed by atoms with van der Waals surface area (Å²) in [5, 5.41) is 1.94. The first-order chi connectivity index (χ1) is 14.5. The maximum atomic E-state index is 12.6. The summed E-state index contributed by atoms with van der Waals surface area (Å²) in [4.78, 5) is 25.2. The molecule has 4 aromatic rings. The lowest BCUT2D eigenvalue weighted by molar-refractivity contribution is 0.0398. The summed E-state index contributed by atoms with van der Waals surface area (Å²) >= 11 is 0. The molecule has 0 spiro atoms. The quantitative estimate of drug-likeness (QED) is 0.322. The lowest BCUT2D eigenvalue weighted by Gasteiger charge is -2.11. The molecule has 148 valence electrons. The molecule has 0 radical (unpaired) electrons. The van der Waals surface area contributed by atoms with Crippen LogP contribution < -0.4 is 4.74 Å². The summed E-state index contributed by atoms with van der Waals surface area (Å²) in [5.74, 6) is -0.753. The first kappa shape index (κ1) is 19.4. The van der Waals surface area contributed by atoms with E-state index in [9.17, 15) is 9.59 Å². The second-order valence-corrected chi connectivity index (χ2v) is 7.02. The number of hydrogen-bond acceptors (Lipinski definition) is 4. The van der Waals surface area contributed by atoms with Crippen LogP contribution in [0.25, 0.3) is 21.9 Å². The van der Waals surface area contributed by atoms with E-state index in [2.05, 4.69) is 0 Å². The van der Waals surface area contributed by atoms with Crippen molar-refractivity contribution in [3.05, 3.63) is 102 Å². The number of carbonyl (C=O) groups is 2. The fraction of sp³-hybridized carbons (Fsp3) is 0.0769. The molecule has 0 unspecified atom stereocenters. The maximum absolute atomic E-state index is 12.6. The van der Waals surface area contributed by atoms with Crippen LogP contribution in [0.15, 0.2) is 84.9 Å². The summed E-state index contributed by atoms with van der Waals surface area (Å²) in [5.41, 5.74) is 3.40. The minimum atomic E-state index is -0.705. The molecule has 0 atom stereocenters. The van der Waals surface area contributed by atoms with Crippen LogP contribution >= 0.6 is 0 Å². The molecular weight excluding hydrogens is 376 g/mol. The number of carbonyl (C=O) groups excluding carboxylic acids is 2. The van der Waals surface area contributed by atoms with E-state index in [4.69, 9.17) is 9.47 Å². The first-order valence-electron chi connectivity index (χ1n) is 9.55. The second-order valence-electron chi connectivity index (χ2n) is 7.02. The lowest BCUT2D eigenvalue weighted by Crippen LogP contribution is -2.13. The lowest BCUT2D eigenvalue weighted by atomic mass is 10.0. The number of benzene rings is 4. The molecule has 0 amide bonds. The van der Waals surface area contributed by atoms with Crippen LogP contribution in [0.4, 0.5) is 0 Å². The van der Waals surface area contributed by atoms with E-state index in [-0.39, 0.29) is 5.56 Å². The number of hydrogen-bond donors (Lipinski definition) is 0. The summed E-state index contributed by atoms with van der Waals surface area (Å²) in [6.07, 6.45) is 0. The molecule has 0 aliphatic heterocycles. The second kappa shape index (κ2) is 8.21. The summed E-state index contributed by atoms with van der Waals surface area (Å²) < 4.78 is 10.6. The average molecular weight is 396 g/mol. The topological polar surface area (TPSA) is 52.6 Å². The number of fused-ring (bicyclic) bond motifs is 1. The molecule has 0 saturated carbocycles. The van der Waals surface area contributed by atoms with Crippen LogP contribution in [0.2, 0.25) is 0 Å². The highest BCUT2D eigenvalue weighted by molar-refractivity contribution is 6.04. The zero-order chi connectivity index (χ0) is 21.1. The van der Waals surface area contributed by atoms with Gasteiger partial charge in [-0.05, 0) is 53.6 Å². The molecule has 4 heteroatoms. The third-order valence-electron chi connectivity index (χ3n) is 4.94. The normalized spacial score (nSPS) is 10.6. The predicted molar refractivity (Wildman–Crippen MR) is 117 cm³/mol. The van der Waals surface area contributed by atoms with Crippen LogP contribution in [0.5, 0.6) is 5.75 Å². The number of methoxy groups -OCH3 is 1. The zero-order valence-electron chi connectivity index (χ0n) is 16.7. The van der Waals surface area contributed by atoms with Crippen molar-refractivity contribution in [2.75, 3.05) is 7.11 Å². The van der Waals surface area contributed by atoms with E-state index in [1.165, 1.54) is 0 Å². The van der Waals surface area contributed by atoms with Crippen molar-refractivity contribution in [2.45, 2.75) is 6.92 Å². The number of esters is 2. The van der Waals surface area contributed by atoms with Gasteiger partial charge in [0.15, 0.2) is 0 Å². The number of rotatable bonds is 4. The van der Waals surface area contributed by atoms with Crippen LogP contribution in [0.3, 0.4) is 0 Å². The number of aryl methyl sites for hydroxylation is 1. The van der Waals surface area contributed by atoms with Gasteiger partial charge in [0.25, 0.3) is 0 Å². The fourth-order valence-corrected chi connectivity index (χ4v) is 3.37. The van der Waals surface area contributed by atoms with Crippen LogP contribution in [-0.4, -0.2) is 19.0 Å². The Labute approximate surface area is 174 Å². The molecule has 0 N–H and O–H groups in total. The Morgan fingerprint density at radius 1 is 0.700 bits per heavy atom. The summed E-state index contributed by atoms with van der Waals surface area (Å²) in [7, 11) is 1.57. The van der Waals surface area contributed by atoms with Gasteiger partial charge in [0, 0.05) is 5.56 Å². The smallest absolute Gasteiger partial charge is 0.346 e. The molecule has 4 rings (SSSR count). The van der Waals surface area contributed by atoms with E-state index in [1.807, 2.05) is 61.5 Å². The van der Waals surface area contributed by atoms with Crippen molar-refractivity contribution in [1.29, 1.82) is 0 Å². The van der Waals surface area contributed by atoms with Crippen LogP contribution in [0.1, 0.15) is 26.3 Å². The van der Waals surface area contributed by atoms with Crippen molar-refractivity contribution in [1.82, 2.24) is 0 Å². The van der Waals surface area contributed by atoms with Crippen molar-refractivity contribution in [3.63, 3.8) is 0 Å². The summed E-state index contributed by atoms with van der Waals surface area (Å²) in [6, 6.07) is 25.7. The molecule has 30 heavy (non-hydrogen) atoms. The van der Waals surface area contributed by atoms with Crippen molar-refractivity contribution in [2.24, 2.45) is 0 Å². The minimum absolute atomic E-state index is 0.277. The van der Waals surface area contributed by atoms with Gasteiger partial charge in [-0.2, -0.15) is 0 Å². The monoisotopic (exact) mass is 396 g/mol. The van der Waals surface area contributed by atoms with E-state index >= 15 is 0 Å². The molecule has 4 aromatic carbocycles. The standard InChI is InChI=1S/C26H20O4/c1-17-8-9-20-15-21(11-10-19(20)14-17)25(27)30-26(28)22-12-13-24(29-2)23(16-22)18-6-4-3-5-7-18/h3-16H,1-2H3. The molecule has 0 saturated heterocycles. The Hall–Kier alpha value is -3.92. The molecule has 0 aliphatic rings. The summed E-state index contributed by atoms with van der Waals surface area (Å²) in [6.45, 7) is 2.01. The molecule has 0 fully saturated rings. The van der Waals surface area contributed by atoms with E-state index in [1.54, 1.807) is 37.4 Å². The molecule has 0 aliphatic carbocycles. The van der Waals surface area contributed by atoms with Gasteiger partial charge in [-0.3, -0.25) is 0 Å². The third kappa shape index (κ3) is 3.94. The largest absolute Gasteiger partial charge is 0.496 e. The maximum Gasteiger partial charge on any atom is 0.346 e. The predicted octanol–water partition coefficient (Wildman–Crippen LogP) is 5.82. The molecule has 0 heterocycles. The zero-order valence-corrected chi connectivity index (χ0v) is 16.7. The van der Waals surface area contributed by atoms with E-state index in [0.29, 0.717) is 11.3 Å². The Morgan fingerprint density at radius 2 is 1.33 bits per heavy atom. The highest BCUT2D eigenvalue weighted by Crippen LogP contribution is 2.31. The molecule has 0 bridgehead atoms. The van der Waals surface area contributed by atoms with Crippen molar-refractivity contribution in [3.8, 4) is 16.9 Å². The molecular formula is C26H20O4. The van der Waals surface area contributed by atoms with Crippen LogP contribution in [-0.2, 0) is 4.74 Å².